The molecule has 0 aliphatic carbocycles. The number of nitro benzene ring substituents is 1. The minimum Gasteiger partial charge on any atom is -0.389 e. The second kappa shape index (κ2) is 7.72. The van der Waals surface area contributed by atoms with Crippen molar-refractivity contribution in [3.63, 3.8) is 0 Å². The molecule has 0 bridgehead atoms. The van der Waals surface area contributed by atoms with Crippen LogP contribution in [0.1, 0.15) is 37.0 Å². The lowest BCUT2D eigenvalue weighted by molar-refractivity contribution is -0.384. The molecule has 1 aromatic carbocycles. The highest BCUT2D eigenvalue weighted by molar-refractivity contribution is 5.94. The van der Waals surface area contributed by atoms with Gasteiger partial charge in [0.05, 0.1) is 10.5 Å². The van der Waals surface area contributed by atoms with Crippen molar-refractivity contribution in [1.29, 1.82) is 0 Å². The Balaban J connectivity index is 1.92. The maximum Gasteiger partial charge on any atom is 0.269 e. The molecule has 0 saturated carbocycles. The van der Waals surface area contributed by atoms with E-state index in [1.54, 1.807) is 4.90 Å². The number of piperazine rings is 1. The molecule has 1 fully saturated rings. The van der Waals surface area contributed by atoms with Gasteiger partial charge in [-0.2, -0.15) is 0 Å². The number of hydrogen-bond acceptors (Lipinski definition) is 5. The van der Waals surface area contributed by atoms with Crippen molar-refractivity contribution in [2.75, 3.05) is 32.7 Å². The summed E-state index contributed by atoms with van der Waals surface area (Å²) in [5, 5.41) is 21.1. The monoisotopic (exact) mass is 335 g/mol. The lowest BCUT2D eigenvalue weighted by Crippen LogP contribution is -2.53. The second-order valence-electron chi connectivity index (χ2n) is 6.30. The molecule has 7 nitrogen and oxygen atoms in total. The number of nitrogens with zero attached hydrogens (tertiary/aromatic N) is 3. The maximum atomic E-state index is 12.5. The molecule has 0 aromatic heterocycles. The average Bonchev–Trinajstić information content (AvgIpc) is 2.61. The topological polar surface area (TPSA) is 86.9 Å². The van der Waals surface area contributed by atoms with E-state index in [4.69, 9.17) is 0 Å². The standard InChI is InChI=1S/C17H25N3O4/c1-3-17(22,4-2)13-18-9-11-19(12-10-18)16(21)14-5-7-15(8-6-14)20(23)24/h5-8,22H,3-4,9-13H2,1-2H3. The normalized spacial score (nSPS) is 16.2. The Morgan fingerprint density at radius 1 is 1.17 bits per heavy atom. The molecule has 1 heterocycles. The summed E-state index contributed by atoms with van der Waals surface area (Å²) >= 11 is 0. The van der Waals surface area contributed by atoms with E-state index in [9.17, 15) is 20.0 Å². The molecule has 132 valence electrons. The highest BCUT2D eigenvalue weighted by Crippen LogP contribution is 2.19. The number of rotatable bonds is 6. The van der Waals surface area contributed by atoms with Crippen molar-refractivity contribution in [2.45, 2.75) is 32.3 Å². The fraction of sp³-hybridized carbons (Fsp3) is 0.588. The van der Waals surface area contributed by atoms with Gasteiger partial charge in [0.1, 0.15) is 0 Å². The first-order valence-corrected chi connectivity index (χ1v) is 8.37. The average molecular weight is 335 g/mol. The van der Waals surface area contributed by atoms with Gasteiger partial charge in [0.15, 0.2) is 0 Å². The lowest BCUT2D eigenvalue weighted by Gasteiger charge is -2.39. The summed E-state index contributed by atoms with van der Waals surface area (Å²) in [5.74, 6) is -0.106. The molecule has 1 amide bonds. The summed E-state index contributed by atoms with van der Waals surface area (Å²) in [6.45, 7) is 7.23. The minimum atomic E-state index is -0.662. The van der Waals surface area contributed by atoms with Crippen molar-refractivity contribution < 1.29 is 14.8 Å². The number of amides is 1. The summed E-state index contributed by atoms with van der Waals surface area (Å²) in [7, 11) is 0. The summed E-state index contributed by atoms with van der Waals surface area (Å²) in [4.78, 5) is 26.6. The number of hydrogen-bond donors (Lipinski definition) is 1. The predicted molar refractivity (Wildman–Crippen MR) is 91.0 cm³/mol. The van der Waals surface area contributed by atoms with Gasteiger partial charge in [-0.25, -0.2) is 0 Å². The summed E-state index contributed by atoms with van der Waals surface area (Å²) in [6, 6.07) is 5.71. The molecular weight excluding hydrogens is 310 g/mol. The van der Waals surface area contributed by atoms with Crippen LogP contribution in [-0.2, 0) is 0 Å². The number of carbonyl (C=O) groups excluding carboxylic acids is 1. The first-order valence-electron chi connectivity index (χ1n) is 8.37. The van der Waals surface area contributed by atoms with Crippen LogP contribution in [-0.4, -0.2) is 64.1 Å². The highest BCUT2D eigenvalue weighted by Gasteiger charge is 2.29. The fourth-order valence-electron chi connectivity index (χ4n) is 2.91. The first kappa shape index (κ1) is 18.4. The SMILES string of the molecule is CCC(O)(CC)CN1CCN(C(=O)c2ccc([N+](=O)[O-])cc2)CC1. The fourth-order valence-corrected chi connectivity index (χ4v) is 2.91. The zero-order chi connectivity index (χ0) is 17.7. The highest BCUT2D eigenvalue weighted by atomic mass is 16.6. The number of carbonyl (C=O) groups is 1. The third kappa shape index (κ3) is 4.30. The Kier molecular flexibility index (Phi) is 5.90. The van der Waals surface area contributed by atoms with Gasteiger partial charge >= 0.3 is 0 Å². The van der Waals surface area contributed by atoms with Crippen molar-refractivity contribution in [3.8, 4) is 0 Å². The van der Waals surface area contributed by atoms with E-state index >= 15 is 0 Å². The van der Waals surface area contributed by atoms with Gasteiger partial charge in [0.25, 0.3) is 11.6 Å². The summed E-state index contributed by atoms with van der Waals surface area (Å²) in [5.41, 5.74) is -0.215. The Morgan fingerprint density at radius 2 is 1.71 bits per heavy atom. The smallest absolute Gasteiger partial charge is 0.269 e. The number of benzene rings is 1. The van der Waals surface area contributed by atoms with Gasteiger partial charge in [0.2, 0.25) is 0 Å². The van der Waals surface area contributed by atoms with Gasteiger partial charge in [-0.3, -0.25) is 19.8 Å². The van der Waals surface area contributed by atoms with E-state index in [0.29, 0.717) is 38.0 Å². The van der Waals surface area contributed by atoms with Gasteiger partial charge in [-0.05, 0) is 25.0 Å². The third-order valence-electron chi connectivity index (χ3n) is 4.82. The molecule has 1 aliphatic heterocycles. The van der Waals surface area contributed by atoms with E-state index in [1.807, 2.05) is 13.8 Å². The van der Waals surface area contributed by atoms with E-state index in [-0.39, 0.29) is 11.6 Å². The van der Waals surface area contributed by atoms with Crippen LogP contribution >= 0.6 is 0 Å². The van der Waals surface area contributed by atoms with Gasteiger partial charge < -0.3 is 10.0 Å². The zero-order valence-electron chi connectivity index (χ0n) is 14.3. The van der Waals surface area contributed by atoms with Crippen LogP contribution in [0.3, 0.4) is 0 Å². The van der Waals surface area contributed by atoms with Crippen molar-refractivity contribution in [3.05, 3.63) is 39.9 Å². The molecule has 24 heavy (non-hydrogen) atoms. The van der Waals surface area contributed by atoms with Crippen molar-refractivity contribution >= 4 is 11.6 Å². The Morgan fingerprint density at radius 3 is 2.17 bits per heavy atom. The van der Waals surface area contributed by atoms with Gasteiger partial charge in [0, 0.05) is 50.4 Å². The second-order valence-corrected chi connectivity index (χ2v) is 6.30. The van der Waals surface area contributed by atoms with Crippen LogP contribution in [0.2, 0.25) is 0 Å². The van der Waals surface area contributed by atoms with Crippen molar-refractivity contribution in [1.82, 2.24) is 9.80 Å². The maximum absolute atomic E-state index is 12.5. The van der Waals surface area contributed by atoms with Gasteiger partial charge in [-0.15, -0.1) is 0 Å². The molecule has 2 rings (SSSR count). The molecule has 1 saturated heterocycles. The lowest BCUT2D eigenvalue weighted by atomic mass is 9.96. The Bertz CT molecular complexity index is 576. The molecule has 7 heteroatoms. The zero-order valence-corrected chi connectivity index (χ0v) is 14.3. The molecule has 1 aliphatic rings. The third-order valence-corrected chi connectivity index (χ3v) is 4.82. The van der Waals surface area contributed by atoms with E-state index in [0.717, 1.165) is 13.1 Å². The van der Waals surface area contributed by atoms with Crippen LogP contribution in [0.15, 0.2) is 24.3 Å². The summed E-state index contributed by atoms with van der Waals surface area (Å²) < 4.78 is 0. The number of β-amino-alcohol motifs (C(OH)–C–C–N with tert-alkyl or cyclic N) is 1. The molecule has 0 unspecified atom stereocenters. The number of nitro groups is 1. The first-order chi connectivity index (χ1) is 11.4. The largest absolute Gasteiger partial charge is 0.389 e. The molecule has 1 aromatic rings. The quantitative estimate of drug-likeness (QED) is 0.634. The van der Waals surface area contributed by atoms with Crippen LogP contribution < -0.4 is 0 Å². The number of aliphatic hydroxyl groups is 1. The van der Waals surface area contributed by atoms with E-state index < -0.39 is 10.5 Å². The van der Waals surface area contributed by atoms with Crippen LogP contribution in [0.4, 0.5) is 5.69 Å². The molecule has 1 N–H and O–H groups in total. The van der Waals surface area contributed by atoms with Crippen LogP contribution in [0, 0.1) is 10.1 Å². The predicted octanol–water partition coefficient (Wildman–Crippen LogP) is 1.90. The number of non-ortho nitro benzene ring substituents is 1. The molecular formula is C17H25N3O4. The Labute approximate surface area is 142 Å². The minimum absolute atomic E-state index is 0.0187. The van der Waals surface area contributed by atoms with Gasteiger partial charge in [-0.1, -0.05) is 13.8 Å². The molecule has 0 radical (unpaired) electrons. The van der Waals surface area contributed by atoms with E-state index in [2.05, 4.69) is 4.90 Å². The van der Waals surface area contributed by atoms with Crippen LogP contribution in [0.25, 0.3) is 0 Å². The van der Waals surface area contributed by atoms with E-state index in [1.165, 1.54) is 24.3 Å². The van der Waals surface area contributed by atoms with Crippen LogP contribution in [0.5, 0.6) is 0 Å². The summed E-state index contributed by atoms with van der Waals surface area (Å²) in [6.07, 6.45) is 1.43. The molecule has 0 spiro atoms. The van der Waals surface area contributed by atoms with Crippen molar-refractivity contribution in [2.24, 2.45) is 0 Å². The Hall–Kier alpha value is -1.99. The molecule has 0 atom stereocenters.